The van der Waals surface area contributed by atoms with E-state index in [1.807, 2.05) is 12.2 Å². The van der Waals surface area contributed by atoms with Gasteiger partial charge in [-0.25, -0.2) is 0 Å². The molecule has 0 fully saturated rings. The molecule has 0 N–H and O–H groups in total. The molecule has 0 heterocycles. The van der Waals surface area contributed by atoms with E-state index in [-0.39, 0.29) is 0 Å². The van der Waals surface area contributed by atoms with Crippen molar-refractivity contribution in [1.29, 1.82) is 0 Å². The molecule has 0 aliphatic heterocycles. The molecule has 6 aromatic carbocycles. The Morgan fingerprint density at radius 2 is 0.887 bits per heavy atom. The molecule has 0 atom stereocenters. The highest BCUT2D eigenvalue weighted by Crippen LogP contribution is 2.35. The number of anilines is 5. The van der Waals surface area contributed by atoms with Gasteiger partial charge in [0.05, 0.1) is 0 Å². The van der Waals surface area contributed by atoms with Gasteiger partial charge in [0.15, 0.2) is 0 Å². The van der Waals surface area contributed by atoms with Crippen LogP contribution < -0.4 is 9.80 Å². The lowest BCUT2D eigenvalue weighted by atomic mass is 10.0. The van der Waals surface area contributed by atoms with Crippen molar-refractivity contribution in [3.8, 4) is 0 Å². The Balaban J connectivity index is 1.18. The van der Waals surface area contributed by atoms with E-state index in [4.69, 9.17) is 0 Å². The zero-order chi connectivity index (χ0) is 37.0. The molecular formula is C51H48N2. The van der Waals surface area contributed by atoms with Crippen molar-refractivity contribution < 1.29 is 0 Å². The van der Waals surface area contributed by atoms with Crippen LogP contribution in [0.25, 0.3) is 18.2 Å². The monoisotopic (exact) mass is 688 g/mol. The smallest absolute Gasteiger partial charge is 0.0462 e. The summed E-state index contributed by atoms with van der Waals surface area (Å²) in [7, 11) is 0. The summed E-state index contributed by atoms with van der Waals surface area (Å²) in [5, 5.41) is 0. The molecular weight excluding hydrogens is 641 g/mol. The van der Waals surface area contributed by atoms with Crippen molar-refractivity contribution in [2.75, 3.05) is 16.3 Å². The fourth-order valence-corrected chi connectivity index (χ4v) is 6.16. The topological polar surface area (TPSA) is 6.48 Å². The summed E-state index contributed by atoms with van der Waals surface area (Å²) >= 11 is 0. The van der Waals surface area contributed by atoms with Crippen LogP contribution in [-0.4, -0.2) is 6.54 Å². The first-order chi connectivity index (χ1) is 25.9. The van der Waals surface area contributed by atoms with Crippen LogP contribution in [0.4, 0.5) is 28.4 Å². The highest BCUT2D eigenvalue weighted by molar-refractivity contribution is 5.79. The fraction of sp³-hybridized carbons (Fsp3) is 0.0980. The first-order valence-corrected chi connectivity index (χ1v) is 18.3. The number of benzene rings is 6. The zero-order valence-electron chi connectivity index (χ0n) is 31.3. The van der Waals surface area contributed by atoms with Crippen LogP contribution in [0, 0.1) is 27.7 Å². The molecule has 0 amide bonds. The average molecular weight is 689 g/mol. The summed E-state index contributed by atoms with van der Waals surface area (Å²) in [6.45, 7) is 13.2. The minimum Gasteiger partial charge on any atom is -0.338 e. The van der Waals surface area contributed by atoms with Crippen molar-refractivity contribution in [3.63, 3.8) is 0 Å². The van der Waals surface area contributed by atoms with Gasteiger partial charge in [0, 0.05) is 35.0 Å². The summed E-state index contributed by atoms with van der Waals surface area (Å²) in [5.41, 5.74) is 15.2. The van der Waals surface area contributed by atoms with Crippen LogP contribution in [0.2, 0.25) is 0 Å². The van der Waals surface area contributed by atoms with Crippen molar-refractivity contribution in [1.82, 2.24) is 0 Å². The van der Waals surface area contributed by atoms with Gasteiger partial charge < -0.3 is 9.80 Å². The summed E-state index contributed by atoms with van der Waals surface area (Å²) in [4.78, 5) is 4.64. The van der Waals surface area contributed by atoms with E-state index in [1.54, 1.807) is 0 Å². The number of hydrogen-bond donors (Lipinski definition) is 0. The quantitative estimate of drug-likeness (QED) is 0.0880. The molecule has 0 radical (unpaired) electrons. The van der Waals surface area contributed by atoms with E-state index in [9.17, 15) is 0 Å². The second kappa shape index (κ2) is 17.7. The summed E-state index contributed by atoms with van der Waals surface area (Å²) < 4.78 is 0. The standard InChI is InChI=1S/C51H48N2/c1-6-10-43(11-9-38-52(47-28-14-39(2)15-29-47)48-30-16-40(3)17-31-48)22-26-45-12-7-8-13-46(45)27-23-44-24-36-51(37-25-44)53(49-32-18-41(4)19-33-49)50-34-20-42(5)21-35-50/h6-37H,1,38H2,2-5H3/b11-9-,26-22+,27-23+,43-10+. The molecule has 53 heavy (non-hydrogen) atoms. The Morgan fingerprint density at radius 1 is 0.472 bits per heavy atom. The summed E-state index contributed by atoms with van der Waals surface area (Å²) in [6.07, 6.45) is 17.0. The summed E-state index contributed by atoms with van der Waals surface area (Å²) in [5.74, 6) is 0. The van der Waals surface area contributed by atoms with Crippen molar-refractivity contribution in [2.24, 2.45) is 0 Å². The SMILES string of the molecule is C=C/C=C(\C=C/CN(c1ccc(C)cc1)c1ccc(C)cc1)/C=C/c1ccccc1/C=C/c1ccc(N(c2ccc(C)cc2)c2ccc(C)cc2)cc1. The molecule has 2 nitrogen and oxygen atoms in total. The average Bonchev–Trinajstić information content (AvgIpc) is 3.18. The van der Waals surface area contributed by atoms with Crippen LogP contribution in [0.1, 0.15) is 38.9 Å². The maximum Gasteiger partial charge on any atom is 0.0462 e. The van der Waals surface area contributed by atoms with Crippen molar-refractivity contribution in [3.05, 3.63) is 227 Å². The Labute approximate surface area is 316 Å². The van der Waals surface area contributed by atoms with Gasteiger partial charge in [-0.05, 0) is 111 Å². The normalized spacial score (nSPS) is 11.8. The first kappa shape index (κ1) is 36.4. The van der Waals surface area contributed by atoms with Gasteiger partial charge in [0.1, 0.15) is 0 Å². The zero-order valence-corrected chi connectivity index (χ0v) is 31.3. The number of nitrogens with zero attached hydrogens (tertiary/aromatic N) is 2. The number of allylic oxidation sites excluding steroid dienone is 5. The Bertz CT molecular complexity index is 2120. The fourth-order valence-electron chi connectivity index (χ4n) is 6.16. The van der Waals surface area contributed by atoms with E-state index >= 15 is 0 Å². The number of aryl methyl sites for hydroxylation is 4. The lowest BCUT2D eigenvalue weighted by molar-refractivity contribution is 1.09. The minimum atomic E-state index is 0.736. The third-order valence-corrected chi connectivity index (χ3v) is 9.24. The van der Waals surface area contributed by atoms with Gasteiger partial charge in [0.2, 0.25) is 0 Å². The first-order valence-electron chi connectivity index (χ1n) is 18.3. The van der Waals surface area contributed by atoms with Crippen LogP contribution in [-0.2, 0) is 0 Å². The Morgan fingerprint density at radius 3 is 1.34 bits per heavy atom. The Hall–Kier alpha value is -6.38. The van der Waals surface area contributed by atoms with Gasteiger partial charge in [-0.3, -0.25) is 0 Å². The predicted octanol–water partition coefficient (Wildman–Crippen LogP) is 14.1. The second-order valence-electron chi connectivity index (χ2n) is 13.5. The molecule has 0 unspecified atom stereocenters. The largest absolute Gasteiger partial charge is 0.338 e. The van der Waals surface area contributed by atoms with Crippen LogP contribution in [0.15, 0.2) is 188 Å². The molecule has 0 bridgehead atoms. The molecule has 6 aromatic rings. The molecule has 0 aliphatic rings. The molecule has 6 rings (SSSR count). The Kier molecular flexibility index (Phi) is 12.2. The highest BCUT2D eigenvalue weighted by Gasteiger charge is 2.12. The molecule has 0 aromatic heterocycles. The molecule has 262 valence electrons. The lowest BCUT2D eigenvalue weighted by Gasteiger charge is -2.25. The second-order valence-corrected chi connectivity index (χ2v) is 13.5. The van der Waals surface area contributed by atoms with E-state index in [2.05, 4.69) is 226 Å². The van der Waals surface area contributed by atoms with E-state index in [0.717, 1.165) is 45.9 Å². The maximum atomic E-state index is 3.98. The van der Waals surface area contributed by atoms with Gasteiger partial charge in [0.25, 0.3) is 0 Å². The van der Waals surface area contributed by atoms with Crippen LogP contribution >= 0.6 is 0 Å². The third kappa shape index (κ3) is 9.90. The number of rotatable bonds is 13. The molecule has 0 aliphatic carbocycles. The summed E-state index contributed by atoms with van der Waals surface area (Å²) in [6, 6.07) is 52.1. The third-order valence-electron chi connectivity index (χ3n) is 9.24. The molecule has 0 saturated heterocycles. The van der Waals surface area contributed by atoms with Crippen LogP contribution in [0.5, 0.6) is 0 Å². The molecule has 0 spiro atoms. The van der Waals surface area contributed by atoms with Gasteiger partial charge in [-0.1, -0.05) is 162 Å². The maximum absolute atomic E-state index is 3.98. The van der Waals surface area contributed by atoms with Gasteiger partial charge in [-0.2, -0.15) is 0 Å². The van der Waals surface area contributed by atoms with E-state index < -0.39 is 0 Å². The minimum absolute atomic E-state index is 0.736. The van der Waals surface area contributed by atoms with Crippen LogP contribution in [0.3, 0.4) is 0 Å². The lowest BCUT2D eigenvalue weighted by Crippen LogP contribution is -2.16. The highest BCUT2D eigenvalue weighted by atomic mass is 15.1. The van der Waals surface area contributed by atoms with Crippen molar-refractivity contribution >= 4 is 46.7 Å². The van der Waals surface area contributed by atoms with E-state index in [0.29, 0.717) is 0 Å². The molecule has 2 heteroatoms. The number of hydrogen-bond acceptors (Lipinski definition) is 2. The van der Waals surface area contributed by atoms with Crippen molar-refractivity contribution in [2.45, 2.75) is 27.7 Å². The van der Waals surface area contributed by atoms with Gasteiger partial charge >= 0.3 is 0 Å². The van der Waals surface area contributed by atoms with Gasteiger partial charge in [-0.15, -0.1) is 0 Å². The predicted molar refractivity (Wildman–Crippen MR) is 232 cm³/mol. The van der Waals surface area contributed by atoms with E-state index in [1.165, 1.54) is 33.6 Å². The molecule has 0 saturated carbocycles.